The van der Waals surface area contributed by atoms with Gasteiger partial charge >= 0.3 is 0 Å². The fourth-order valence-electron chi connectivity index (χ4n) is 3.22. The van der Waals surface area contributed by atoms with Gasteiger partial charge in [-0.15, -0.1) is 0 Å². The van der Waals surface area contributed by atoms with E-state index in [0.29, 0.717) is 12.0 Å². The van der Waals surface area contributed by atoms with Crippen molar-refractivity contribution in [1.82, 2.24) is 5.32 Å². The summed E-state index contributed by atoms with van der Waals surface area (Å²) in [5.41, 5.74) is 3.99. The van der Waals surface area contributed by atoms with Crippen LogP contribution < -0.4 is 10.1 Å². The molecule has 1 aromatic rings. The Morgan fingerprint density at radius 2 is 1.89 bits per heavy atom. The number of ether oxygens (including phenoxy) is 1. The number of likely N-dealkylation sites (N-methyl/N-ethyl adjacent to an activating group) is 1. The third-order valence-corrected chi connectivity index (χ3v) is 4.45. The number of nitrogens with one attached hydrogen (secondary N) is 1. The Balaban J connectivity index is 2.39. The number of hydrogen-bond acceptors (Lipinski definition) is 2. The Labute approximate surface area is 111 Å². The smallest absolute Gasteiger partial charge is 0.125 e. The Bertz CT molecular complexity index is 414. The minimum absolute atomic E-state index is 0.592. The van der Waals surface area contributed by atoms with Gasteiger partial charge in [0.2, 0.25) is 0 Å². The molecule has 1 saturated carbocycles. The molecular formula is C16H25NO. The molecule has 0 spiro atoms. The molecule has 0 bridgehead atoms. The first-order chi connectivity index (χ1) is 8.69. The predicted molar refractivity (Wildman–Crippen MR) is 76.5 cm³/mol. The Morgan fingerprint density at radius 3 is 2.56 bits per heavy atom. The summed E-state index contributed by atoms with van der Waals surface area (Å²) in [4.78, 5) is 0. The van der Waals surface area contributed by atoms with Gasteiger partial charge in [-0.3, -0.25) is 0 Å². The number of aryl methyl sites for hydroxylation is 1. The van der Waals surface area contributed by atoms with Crippen LogP contribution in [-0.4, -0.2) is 20.2 Å². The van der Waals surface area contributed by atoms with Gasteiger partial charge in [0.25, 0.3) is 0 Å². The van der Waals surface area contributed by atoms with Crippen LogP contribution in [0.1, 0.15) is 48.3 Å². The van der Waals surface area contributed by atoms with Gasteiger partial charge in [0.15, 0.2) is 0 Å². The molecule has 1 aromatic carbocycles. The van der Waals surface area contributed by atoms with Crippen LogP contribution in [0.4, 0.5) is 0 Å². The van der Waals surface area contributed by atoms with E-state index in [0.717, 1.165) is 5.75 Å². The van der Waals surface area contributed by atoms with E-state index in [9.17, 15) is 0 Å². The van der Waals surface area contributed by atoms with Crippen molar-refractivity contribution in [2.45, 2.75) is 51.5 Å². The summed E-state index contributed by atoms with van der Waals surface area (Å²) < 4.78 is 5.68. The van der Waals surface area contributed by atoms with E-state index < -0.39 is 0 Å². The number of rotatable bonds is 3. The molecule has 0 saturated heterocycles. The average Bonchev–Trinajstić information content (AvgIpc) is 2.41. The summed E-state index contributed by atoms with van der Waals surface area (Å²) in [5, 5.41) is 3.48. The molecule has 18 heavy (non-hydrogen) atoms. The van der Waals surface area contributed by atoms with Crippen LogP contribution in [0.25, 0.3) is 0 Å². The Hall–Kier alpha value is -1.02. The van der Waals surface area contributed by atoms with E-state index in [1.807, 2.05) is 0 Å². The lowest BCUT2D eigenvalue weighted by atomic mass is 9.79. The molecule has 0 aliphatic heterocycles. The quantitative estimate of drug-likeness (QED) is 0.882. The van der Waals surface area contributed by atoms with Gasteiger partial charge in [0.1, 0.15) is 5.75 Å². The monoisotopic (exact) mass is 247 g/mol. The van der Waals surface area contributed by atoms with Gasteiger partial charge in [-0.25, -0.2) is 0 Å². The third-order valence-electron chi connectivity index (χ3n) is 4.45. The van der Waals surface area contributed by atoms with Gasteiger partial charge in [0.05, 0.1) is 7.11 Å². The third kappa shape index (κ3) is 2.39. The Kier molecular flexibility index (Phi) is 4.28. The summed E-state index contributed by atoms with van der Waals surface area (Å²) in [7, 11) is 3.87. The van der Waals surface area contributed by atoms with Crippen molar-refractivity contribution in [1.29, 1.82) is 0 Å². The molecule has 1 fully saturated rings. The molecule has 1 aliphatic carbocycles. The van der Waals surface area contributed by atoms with Gasteiger partial charge in [-0.05, 0) is 50.4 Å². The maximum atomic E-state index is 5.68. The molecule has 100 valence electrons. The van der Waals surface area contributed by atoms with Crippen LogP contribution >= 0.6 is 0 Å². The normalized spacial score (nSPS) is 24.0. The molecule has 0 aromatic heterocycles. The first-order valence-corrected chi connectivity index (χ1v) is 7.00. The summed E-state index contributed by atoms with van der Waals surface area (Å²) in [6.45, 7) is 4.31. The minimum Gasteiger partial charge on any atom is -0.496 e. The molecule has 2 rings (SSSR count). The number of methoxy groups -OCH3 is 1. The molecule has 2 unspecified atom stereocenters. The molecule has 0 amide bonds. The topological polar surface area (TPSA) is 21.3 Å². The van der Waals surface area contributed by atoms with Crippen molar-refractivity contribution >= 4 is 0 Å². The molecular weight excluding hydrogens is 222 g/mol. The first-order valence-electron chi connectivity index (χ1n) is 7.00. The average molecular weight is 247 g/mol. The van der Waals surface area contributed by atoms with Crippen molar-refractivity contribution < 1.29 is 4.74 Å². The summed E-state index contributed by atoms with van der Waals surface area (Å²) in [6.07, 6.45) is 5.22. The van der Waals surface area contributed by atoms with Crippen LogP contribution in [0.3, 0.4) is 0 Å². The highest BCUT2D eigenvalue weighted by atomic mass is 16.5. The van der Waals surface area contributed by atoms with Crippen LogP contribution in [0, 0.1) is 13.8 Å². The van der Waals surface area contributed by atoms with E-state index >= 15 is 0 Å². The SMILES string of the molecule is CNC1CCCCC1c1ccc(C)c(C)c1OC. The maximum Gasteiger partial charge on any atom is 0.125 e. The Morgan fingerprint density at radius 1 is 1.17 bits per heavy atom. The summed E-state index contributed by atoms with van der Waals surface area (Å²) in [5.74, 6) is 1.69. The minimum atomic E-state index is 0.592. The largest absolute Gasteiger partial charge is 0.496 e. The van der Waals surface area contributed by atoms with Crippen molar-refractivity contribution in [3.05, 3.63) is 28.8 Å². The van der Waals surface area contributed by atoms with E-state index in [-0.39, 0.29) is 0 Å². The highest BCUT2D eigenvalue weighted by Crippen LogP contribution is 2.39. The highest BCUT2D eigenvalue weighted by molar-refractivity contribution is 5.47. The lowest BCUT2D eigenvalue weighted by Crippen LogP contribution is -2.34. The predicted octanol–water partition coefficient (Wildman–Crippen LogP) is 3.56. The van der Waals surface area contributed by atoms with Gasteiger partial charge in [-0.1, -0.05) is 25.0 Å². The van der Waals surface area contributed by atoms with Crippen molar-refractivity contribution in [3.63, 3.8) is 0 Å². The zero-order valence-corrected chi connectivity index (χ0v) is 12.0. The zero-order valence-electron chi connectivity index (χ0n) is 12.0. The second kappa shape index (κ2) is 5.75. The van der Waals surface area contributed by atoms with Gasteiger partial charge in [-0.2, -0.15) is 0 Å². The molecule has 2 nitrogen and oxygen atoms in total. The molecule has 0 heterocycles. The molecule has 2 atom stereocenters. The van der Waals surface area contributed by atoms with E-state index in [1.54, 1.807) is 7.11 Å². The lowest BCUT2D eigenvalue weighted by molar-refractivity contribution is 0.330. The van der Waals surface area contributed by atoms with E-state index in [4.69, 9.17) is 4.74 Å². The summed E-state index contributed by atoms with van der Waals surface area (Å²) >= 11 is 0. The highest BCUT2D eigenvalue weighted by Gasteiger charge is 2.28. The molecule has 0 radical (unpaired) electrons. The number of hydrogen-bond donors (Lipinski definition) is 1. The number of benzene rings is 1. The zero-order chi connectivity index (χ0) is 13.1. The van der Waals surface area contributed by atoms with Crippen LogP contribution in [0.15, 0.2) is 12.1 Å². The van der Waals surface area contributed by atoms with Crippen LogP contribution in [0.5, 0.6) is 5.75 Å². The van der Waals surface area contributed by atoms with Crippen molar-refractivity contribution in [2.75, 3.05) is 14.2 Å². The van der Waals surface area contributed by atoms with E-state index in [2.05, 4.69) is 38.3 Å². The second-order valence-electron chi connectivity index (χ2n) is 5.42. The van der Waals surface area contributed by atoms with E-state index in [1.165, 1.54) is 42.4 Å². The van der Waals surface area contributed by atoms with Crippen LogP contribution in [-0.2, 0) is 0 Å². The van der Waals surface area contributed by atoms with Gasteiger partial charge < -0.3 is 10.1 Å². The van der Waals surface area contributed by atoms with Crippen molar-refractivity contribution in [3.8, 4) is 5.75 Å². The molecule has 1 aliphatic rings. The van der Waals surface area contributed by atoms with Gasteiger partial charge in [0, 0.05) is 12.0 Å². The fraction of sp³-hybridized carbons (Fsp3) is 0.625. The van der Waals surface area contributed by atoms with Crippen molar-refractivity contribution in [2.24, 2.45) is 0 Å². The maximum absolute atomic E-state index is 5.68. The summed E-state index contributed by atoms with van der Waals surface area (Å²) in [6, 6.07) is 5.09. The molecule has 2 heteroatoms. The molecule has 1 N–H and O–H groups in total. The fourth-order valence-corrected chi connectivity index (χ4v) is 3.22. The lowest BCUT2D eigenvalue weighted by Gasteiger charge is -2.33. The second-order valence-corrected chi connectivity index (χ2v) is 5.42. The standard InChI is InChI=1S/C16H25NO/c1-11-9-10-14(16(18-4)12(11)2)13-7-5-6-8-15(13)17-3/h9-10,13,15,17H,5-8H2,1-4H3. The van der Waals surface area contributed by atoms with Crippen LogP contribution in [0.2, 0.25) is 0 Å². The first kappa shape index (κ1) is 13.4.